The summed E-state index contributed by atoms with van der Waals surface area (Å²) in [6.07, 6.45) is 2.95. The SMILES string of the molecule is CCNC(C)(CCCCN1CCOCC1)C(=O)OC. The first-order valence-corrected chi connectivity index (χ1v) is 7.26. The Labute approximate surface area is 116 Å². The number of ether oxygens (including phenoxy) is 2. The van der Waals surface area contributed by atoms with Gasteiger partial charge in [0.2, 0.25) is 0 Å². The van der Waals surface area contributed by atoms with E-state index in [9.17, 15) is 4.79 Å². The van der Waals surface area contributed by atoms with Crippen molar-refractivity contribution < 1.29 is 14.3 Å². The van der Waals surface area contributed by atoms with Crippen LogP contribution < -0.4 is 5.32 Å². The van der Waals surface area contributed by atoms with Gasteiger partial charge in [-0.05, 0) is 39.3 Å². The summed E-state index contributed by atoms with van der Waals surface area (Å²) >= 11 is 0. The van der Waals surface area contributed by atoms with Crippen molar-refractivity contribution in [3.63, 3.8) is 0 Å². The number of likely N-dealkylation sites (N-methyl/N-ethyl adjacent to an activating group) is 1. The van der Waals surface area contributed by atoms with Gasteiger partial charge in [-0.15, -0.1) is 0 Å². The van der Waals surface area contributed by atoms with Gasteiger partial charge in [0, 0.05) is 13.1 Å². The van der Waals surface area contributed by atoms with Crippen LogP contribution in [0.3, 0.4) is 0 Å². The van der Waals surface area contributed by atoms with E-state index in [1.807, 2.05) is 13.8 Å². The van der Waals surface area contributed by atoms with E-state index in [0.717, 1.165) is 58.7 Å². The number of carbonyl (C=O) groups excluding carboxylic acids is 1. The second kappa shape index (κ2) is 8.51. The van der Waals surface area contributed by atoms with Gasteiger partial charge in [-0.25, -0.2) is 0 Å². The second-order valence-corrected chi connectivity index (χ2v) is 5.27. The molecule has 0 aliphatic carbocycles. The zero-order valence-corrected chi connectivity index (χ0v) is 12.5. The first-order valence-electron chi connectivity index (χ1n) is 7.26. The first-order chi connectivity index (χ1) is 9.12. The molecule has 1 fully saturated rings. The fraction of sp³-hybridized carbons (Fsp3) is 0.929. The van der Waals surface area contributed by atoms with Gasteiger partial charge in [0.25, 0.3) is 0 Å². The van der Waals surface area contributed by atoms with E-state index >= 15 is 0 Å². The number of carbonyl (C=O) groups is 1. The van der Waals surface area contributed by atoms with Crippen LogP contribution in [0, 0.1) is 0 Å². The molecule has 1 aliphatic heterocycles. The minimum Gasteiger partial charge on any atom is -0.468 e. The van der Waals surface area contributed by atoms with Crippen LogP contribution in [0.5, 0.6) is 0 Å². The van der Waals surface area contributed by atoms with Crippen molar-refractivity contribution in [3.05, 3.63) is 0 Å². The molecule has 0 amide bonds. The number of morpholine rings is 1. The molecular weight excluding hydrogens is 244 g/mol. The van der Waals surface area contributed by atoms with E-state index in [1.54, 1.807) is 0 Å². The molecule has 0 bridgehead atoms. The van der Waals surface area contributed by atoms with Gasteiger partial charge in [0.1, 0.15) is 5.54 Å². The molecule has 19 heavy (non-hydrogen) atoms. The Kier molecular flexibility index (Phi) is 7.34. The molecule has 0 saturated carbocycles. The first kappa shape index (κ1) is 16.4. The highest BCUT2D eigenvalue weighted by Crippen LogP contribution is 2.16. The lowest BCUT2D eigenvalue weighted by Crippen LogP contribution is -2.50. The summed E-state index contributed by atoms with van der Waals surface area (Å²) in [5.41, 5.74) is -0.547. The molecule has 0 aromatic rings. The number of unbranched alkanes of at least 4 members (excludes halogenated alkanes) is 1. The summed E-state index contributed by atoms with van der Waals surface area (Å²) in [6, 6.07) is 0. The zero-order valence-electron chi connectivity index (χ0n) is 12.5. The molecule has 5 heteroatoms. The quantitative estimate of drug-likeness (QED) is 0.528. The molecule has 0 spiro atoms. The topological polar surface area (TPSA) is 50.8 Å². The average molecular weight is 272 g/mol. The third kappa shape index (κ3) is 5.47. The van der Waals surface area contributed by atoms with Crippen LogP contribution in [0.1, 0.15) is 33.1 Å². The molecule has 112 valence electrons. The lowest BCUT2D eigenvalue weighted by molar-refractivity contribution is -0.148. The smallest absolute Gasteiger partial charge is 0.325 e. The van der Waals surface area contributed by atoms with Gasteiger partial charge < -0.3 is 14.8 Å². The molecule has 1 atom stereocenters. The minimum atomic E-state index is -0.547. The number of nitrogens with one attached hydrogen (secondary N) is 1. The van der Waals surface area contributed by atoms with Gasteiger partial charge in [-0.3, -0.25) is 9.69 Å². The summed E-state index contributed by atoms with van der Waals surface area (Å²) in [5.74, 6) is -0.166. The Hall–Kier alpha value is -0.650. The molecule has 1 rings (SSSR count). The van der Waals surface area contributed by atoms with Crippen LogP contribution in [0.15, 0.2) is 0 Å². The van der Waals surface area contributed by atoms with Crippen molar-refractivity contribution in [1.29, 1.82) is 0 Å². The zero-order chi connectivity index (χ0) is 14.1. The van der Waals surface area contributed by atoms with Crippen LogP contribution in [0.25, 0.3) is 0 Å². The molecule has 1 saturated heterocycles. The lowest BCUT2D eigenvalue weighted by Gasteiger charge is -2.29. The molecular formula is C14H28N2O3. The van der Waals surface area contributed by atoms with Crippen LogP contribution >= 0.6 is 0 Å². The van der Waals surface area contributed by atoms with Gasteiger partial charge in [-0.1, -0.05) is 6.92 Å². The predicted octanol–water partition coefficient (Wildman–Crippen LogP) is 1.03. The molecule has 1 aliphatic rings. The molecule has 5 nitrogen and oxygen atoms in total. The molecule has 0 aromatic carbocycles. The average Bonchev–Trinajstić information content (AvgIpc) is 2.44. The van der Waals surface area contributed by atoms with Gasteiger partial charge in [0.15, 0.2) is 0 Å². The van der Waals surface area contributed by atoms with E-state index in [-0.39, 0.29) is 5.97 Å². The van der Waals surface area contributed by atoms with E-state index in [0.29, 0.717) is 0 Å². The standard InChI is InChI=1S/C14H28N2O3/c1-4-15-14(2,13(17)18-3)7-5-6-8-16-9-11-19-12-10-16/h15H,4-12H2,1-3H3. The third-order valence-electron chi connectivity index (χ3n) is 3.71. The van der Waals surface area contributed by atoms with Crippen LogP contribution in [-0.4, -0.2) is 62.9 Å². The number of esters is 1. The maximum absolute atomic E-state index is 11.8. The van der Waals surface area contributed by atoms with Crippen molar-refractivity contribution in [2.75, 3.05) is 46.5 Å². The third-order valence-corrected chi connectivity index (χ3v) is 3.71. The Morgan fingerprint density at radius 3 is 2.63 bits per heavy atom. The largest absolute Gasteiger partial charge is 0.468 e. The number of hydrogen-bond donors (Lipinski definition) is 1. The maximum atomic E-state index is 11.8. The minimum absolute atomic E-state index is 0.166. The van der Waals surface area contributed by atoms with E-state index < -0.39 is 5.54 Å². The number of nitrogens with zero attached hydrogens (tertiary/aromatic N) is 1. The molecule has 0 radical (unpaired) electrons. The Bertz CT molecular complexity index is 267. The van der Waals surface area contributed by atoms with Crippen LogP contribution in [0.4, 0.5) is 0 Å². The molecule has 1 heterocycles. The summed E-state index contributed by atoms with van der Waals surface area (Å²) < 4.78 is 10.2. The Morgan fingerprint density at radius 2 is 2.05 bits per heavy atom. The lowest BCUT2D eigenvalue weighted by atomic mass is 9.94. The van der Waals surface area contributed by atoms with Crippen molar-refractivity contribution in [2.45, 2.75) is 38.6 Å². The summed E-state index contributed by atoms with van der Waals surface area (Å²) in [5, 5.41) is 3.24. The number of hydrogen-bond acceptors (Lipinski definition) is 5. The van der Waals surface area contributed by atoms with Gasteiger partial charge in [-0.2, -0.15) is 0 Å². The van der Waals surface area contributed by atoms with E-state index in [1.165, 1.54) is 7.11 Å². The normalized spacial score (nSPS) is 19.9. The maximum Gasteiger partial charge on any atom is 0.325 e. The van der Waals surface area contributed by atoms with Crippen molar-refractivity contribution >= 4 is 5.97 Å². The highest BCUT2D eigenvalue weighted by molar-refractivity contribution is 5.80. The highest BCUT2D eigenvalue weighted by Gasteiger charge is 2.32. The number of methoxy groups -OCH3 is 1. The fourth-order valence-corrected chi connectivity index (χ4v) is 2.52. The predicted molar refractivity (Wildman–Crippen MR) is 75.2 cm³/mol. The summed E-state index contributed by atoms with van der Waals surface area (Å²) in [6.45, 7) is 9.55. The van der Waals surface area contributed by atoms with E-state index in [4.69, 9.17) is 9.47 Å². The van der Waals surface area contributed by atoms with Crippen molar-refractivity contribution in [3.8, 4) is 0 Å². The van der Waals surface area contributed by atoms with Crippen molar-refractivity contribution in [1.82, 2.24) is 10.2 Å². The fourth-order valence-electron chi connectivity index (χ4n) is 2.52. The van der Waals surface area contributed by atoms with Gasteiger partial charge >= 0.3 is 5.97 Å². The number of rotatable bonds is 8. The Morgan fingerprint density at radius 1 is 1.37 bits per heavy atom. The van der Waals surface area contributed by atoms with Crippen LogP contribution in [0.2, 0.25) is 0 Å². The molecule has 1 N–H and O–H groups in total. The molecule has 0 aromatic heterocycles. The van der Waals surface area contributed by atoms with Crippen molar-refractivity contribution in [2.24, 2.45) is 0 Å². The Balaban J connectivity index is 2.25. The summed E-state index contributed by atoms with van der Waals surface area (Å²) in [7, 11) is 1.45. The second-order valence-electron chi connectivity index (χ2n) is 5.27. The highest BCUT2D eigenvalue weighted by atomic mass is 16.5. The molecule has 1 unspecified atom stereocenters. The summed E-state index contributed by atoms with van der Waals surface area (Å²) in [4.78, 5) is 14.2. The van der Waals surface area contributed by atoms with Gasteiger partial charge in [0.05, 0.1) is 20.3 Å². The monoisotopic (exact) mass is 272 g/mol. The van der Waals surface area contributed by atoms with Crippen LogP contribution in [-0.2, 0) is 14.3 Å². The van der Waals surface area contributed by atoms with E-state index in [2.05, 4.69) is 10.2 Å².